The topological polar surface area (TPSA) is 67.4 Å². The summed E-state index contributed by atoms with van der Waals surface area (Å²) in [5.74, 6) is 0.658. The van der Waals surface area contributed by atoms with Crippen LogP contribution >= 0.6 is 0 Å². The van der Waals surface area contributed by atoms with Gasteiger partial charge in [-0.1, -0.05) is 13.8 Å². The number of carbonyl (C=O) groups is 2. The third kappa shape index (κ3) is 5.73. The van der Waals surface area contributed by atoms with Crippen LogP contribution in [0.4, 0.5) is 0 Å². The first-order valence-electron chi connectivity index (χ1n) is 6.80. The first kappa shape index (κ1) is 16.0. The molecule has 1 aromatic rings. The van der Waals surface area contributed by atoms with Crippen LogP contribution in [0.2, 0.25) is 0 Å². The lowest BCUT2D eigenvalue weighted by Crippen LogP contribution is -2.38. The van der Waals surface area contributed by atoms with E-state index in [0.29, 0.717) is 24.6 Å². The third-order valence-electron chi connectivity index (χ3n) is 2.54. The molecule has 1 rings (SSSR count). The van der Waals surface area contributed by atoms with Crippen LogP contribution in [0.3, 0.4) is 0 Å². The zero-order valence-corrected chi connectivity index (χ0v) is 12.2. The van der Waals surface area contributed by atoms with Gasteiger partial charge in [0.2, 0.25) is 5.91 Å². The van der Waals surface area contributed by atoms with E-state index in [1.54, 1.807) is 24.3 Å². The highest BCUT2D eigenvalue weighted by atomic mass is 16.5. The van der Waals surface area contributed by atoms with Gasteiger partial charge in [-0.25, -0.2) is 0 Å². The molecular formula is C15H22N2O3. The van der Waals surface area contributed by atoms with E-state index in [1.165, 1.54) is 0 Å². The average Bonchev–Trinajstić information content (AvgIpc) is 2.43. The van der Waals surface area contributed by atoms with Crippen molar-refractivity contribution in [2.24, 2.45) is 5.92 Å². The summed E-state index contributed by atoms with van der Waals surface area (Å²) in [6.45, 7) is 7.10. The minimum atomic E-state index is -0.271. The van der Waals surface area contributed by atoms with Gasteiger partial charge in [0.15, 0.2) is 0 Å². The third-order valence-corrected chi connectivity index (χ3v) is 2.54. The molecule has 0 aliphatic carbocycles. The van der Waals surface area contributed by atoms with Crippen LogP contribution in [0.15, 0.2) is 24.3 Å². The van der Waals surface area contributed by atoms with Crippen LogP contribution in [0, 0.1) is 5.92 Å². The Morgan fingerprint density at radius 1 is 1.15 bits per heavy atom. The van der Waals surface area contributed by atoms with E-state index in [-0.39, 0.29) is 18.4 Å². The van der Waals surface area contributed by atoms with Gasteiger partial charge in [-0.2, -0.15) is 0 Å². The van der Waals surface area contributed by atoms with Crippen molar-refractivity contribution in [1.82, 2.24) is 10.6 Å². The van der Waals surface area contributed by atoms with Gasteiger partial charge in [0.25, 0.3) is 5.91 Å². The van der Waals surface area contributed by atoms with E-state index in [2.05, 4.69) is 10.6 Å². The second kappa shape index (κ2) is 8.19. The van der Waals surface area contributed by atoms with Gasteiger partial charge in [0, 0.05) is 12.1 Å². The number of carbonyl (C=O) groups excluding carboxylic acids is 2. The lowest BCUT2D eigenvalue weighted by atomic mass is 10.2. The van der Waals surface area contributed by atoms with Crippen molar-refractivity contribution in [3.8, 4) is 5.75 Å². The number of hydrogen-bond acceptors (Lipinski definition) is 3. The summed E-state index contributed by atoms with van der Waals surface area (Å²) in [7, 11) is 0. The molecule has 0 heterocycles. The molecule has 5 nitrogen and oxygen atoms in total. The Labute approximate surface area is 119 Å². The van der Waals surface area contributed by atoms with E-state index < -0.39 is 0 Å². The molecule has 0 bridgehead atoms. The minimum absolute atomic E-state index is 0.0151. The number of amides is 2. The van der Waals surface area contributed by atoms with Gasteiger partial charge in [0.1, 0.15) is 5.75 Å². The van der Waals surface area contributed by atoms with Crippen LogP contribution in [-0.4, -0.2) is 31.5 Å². The molecule has 0 aromatic heterocycles. The van der Waals surface area contributed by atoms with Gasteiger partial charge in [-0.15, -0.1) is 0 Å². The van der Waals surface area contributed by atoms with Crippen molar-refractivity contribution in [1.29, 1.82) is 0 Å². The minimum Gasteiger partial charge on any atom is -0.494 e. The predicted octanol–water partition coefficient (Wildman–Crippen LogP) is 1.59. The maximum Gasteiger partial charge on any atom is 0.251 e. The molecule has 2 amide bonds. The monoisotopic (exact) mass is 278 g/mol. The lowest BCUT2D eigenvalue weighted by molar-refractivity contribution is -0.120. The molecule has 2 N–H and O–H groups in total. The highest BCUT2D eigenvalue weighted by Gasteiger charge is 2.08. The second-order valence-electron chi connectivity index (χ2n) is 4.84. The Bertz CT molecular complexity index is 441. The van der Waals surface area contributed by atoms with Gasteiger partial charge in [-0.3, -0.25) is 9.59 Å². The van der Waals surface area contributed by atoms with Crippen LogP contribution in [0.1, 0.15) is 31.1 Å². The standard InChI is InChI=1S/C15H22N2O3/c1-4-20-13-7-5-12(6-8-13)15(19)17-10-14(18)16-9-11(2)3/h5-8,11H,4,9-10H2,1-3H3,(H,16,18)(H,17,19). The molecule has 0 radical (unpaired) electrons. The highest BCUT2D eigenvalue weighted by Crippen LogP contribution is 2.11. The molecule has 0 saturated carbocycles. The maximum atomic E-state index is 11.8. The van der Waals surface area contributed by atoms with Crippen LogP contribution in [0.5, 0.6) is 5.75 Å². The maximum absolute atomic E-state index is 11.8. The lowest BCUT2D eigenvalue weighted by Gasteiger charge is -2.09. The van der Waals surface area contributed by atoms with E-state index in [9.17, 15) is 9.59 Å². The zero-order valence-electron chi connectivity index (χ0n) is 12.2. The van der Waals surface area contributed by atoms with E-state index in [4.69, 9.17) is 4.74 Å². The Morgan fingerprint density at radius 3 is 2.35 bits per heavy atom. The molecule has 0 atom stereocenters. The summed E-state index contributed by atoms with van der Waals surface area (Å²) in [4.78, 5) is 23.3. The van der Waals surface area contributed by atoms with Crippen molar-refractivity contribution >= 4 is 11.8 Å². The van der Waals surface area contributed by atoms with Gasteiger partial charge in [0.05, 0.1) is 13.2 Å². The SMILES string of the molecule is CCOc1ccc(C(=O)NCC(=O)NCC(C)C)cc1. The first-order chi connectivity index (χ1) is 9.52. The zero-order chi connectivity index (χ0) is 15.0. The van der Waals surface area contributed by atoms with Crippen LogP contribution < -0.4 is 15.4 Å². The van der Waals surface area contributed by atoms with Gasteiger partial charge < -0.3 is 15.4 Å². The fourth-order valence-electron chi connectivity index (χ4n) is 1.51. The van der Waals surface area contributed by atoms with E-state index in [0.717, 1.165) is 5.75 Å². The van der Waals surface area contributed by atoms with Crippen LogP contribution in [0.25, 0.3) is 0 Å². The first-order valence-corrected chi connectivity index (χ1v) is 6.80. The van der Waals surface area contributed by atoms with Crippen molar-refractivity contribution < 1.29 is 14.3 Å². The van der Waals surface area contributed by atoms with E-state index in [1.807, 2.05) is 20.8 Å². The number of rotatable bonds is 7. The number of ether oxygens (including phenoxy) is 1. The molecular weight excluding hydrogens is 256 g/mol. The Kier molecular flexibility index (Phi) is 6.56. The molecule has 5 heteroatoms. The number of benzene rings is 1. The molecule has 0 aliphatic heterocycles. The fourth-order valence-corrected chi connectivity index (χ4v) is 1.51. The molecule has 0 fully saturated rings. The molecule has 1 aromatic carbocycles. The smallest absolute Gasteiger partial charge is 0.251 e. The molecule has 0 spiro atoms. The number of nitrogens with one attached hydrogen (secondary N) is 2. The Morgan fingerprint density at radius 2 is 1.80 bits per heavy atom. The summed E-state index contributed by atoms with van der Waals surface area (Å²) in [5.41, 5.74) is 0.505. The quantitative estimate of drug-likeness (QED) is 0.796. The normalized spacial score (nSPS) is 10.2. The molecule has 0 unspecified atom stereocenters. The second-order valence-corrected chi connectivity index (χ2v) is 4.84. The molecule has 0 aliphatic rings. The summed E-state index contributed by atoms with van der Waals surface area (Å²) in [6, 6.07) is 6.81. The Balaban J connectivity index is 2.40. The highest BCUT2D eigenvalue weighted by molar-refractivity contribution is 5.96. The summed E-state index contributed by atoms with van der Waals surface area (Å²) in [6.07, 6.45) is 0. The molecule has 0 saturated heterocycles. The van der Waals surface area contributed by atoms with Crippen LogP contribution in [-0.2, 0) is 4.79 Å². The summed E-state index contributed by atoms with van der Waals surface area (Å²) < 4.78 is 5.30. The molecule has 110 valence electrons. The van der Waals surface area contributed by atoms with Crippen molar-refractivity contribution in [3.05, 3.63) is 29.8 Å². The van der Waals surface area contributed by atoms with Gasteiger partial charge in [-0.05, 0) is 37.1 Å². The van der Waals surface area contributed by atoms with Crippen molar-refractivity contribution in [2.45, 2.75) is 20.8 Å². The predicted molar refractivity (Wildman–Crippen MR) is 77.8 cm³/mol. The Hall–Kier alpha value is -2.04. The summed E-state index contributed by atoms with van der Waals surface area (Å²) >= 11 is 0. The van der Waals surface area contributed by atoms with Gasteiger partial charge >= 0.3 is 0 Å². The van der Waals surface area contributed by atoms with E-state index >= 15 is 0 Å². The fraction of sp³-hybridized carbons (Fsp3) is 0.467. The number of hydrogen-bond donors (Lipinski definition) is 2. The largest absolute Gasteiger partial charge is 0.494 e. The van der Waals surface area contributed by atoms with Crippen molar-refractivity contribution in [2.75, 3.05) is 19.7 Å². The molecule has 20 heavy (non-hydrogen) atoms. The van der Waals surface area contributed by atoms with Crippen molar-refractivity contribution in [3.63, 3.8) is 0 Å². The average molecular weight is 278 g/mol. The summed E-state index contributed by atoms with van der Waals surface area (Å²) in [5, 5.41) is 5.32.